The molecule has 90 valence electrons. The van der Waals surface area contributed by atoms with Gasteiger partial charge in [-0.2, -0.15) is 0 Å². The van der Waals surface area contributed by atoms with Crippen molar-refractivity contribution < 1.29 is 9.63 Å². The van der Waals surface area contributed by atoms with E-state index in [2.05, 4.69) is 23.2 Å². The Morgan fingerprint density at radius 2 is 2.25 bits per heavy atom. The van der Waals surface area contributed by atoms with Crippen molar-refractivity contribution in [1.82, 2.24) is 9.80 Å². The Morgan fingerprint density at radius 1 is 1.56 bits per heavy atom. The largest absolute Gasteiger partial charge is 0.435 e. The van der Waals surface area contributed by atoms with Crippen molar-refractivity contribution in [3.8, 4) is 0 Å². The molecule has 1 amide bonds. The molecule has 0 N–H and O–H groups in total. The third kappa shape index (κ3) is 3.66. The minimum atomic E-state index is -0.455. The van der Waals surface area contributed by atoms with E-state index in [0.29, 0.717) is 0 Å². The molecule has 1 heterocycles. The van der Waals surface area contributed by atoms with E-state index in [-0.39, 0.29) is 0 Å². The first kappa shape index (κ1) is 12.7. The number of amides is 1. The fourth-order valence-electron chi connectivity index (χ4n) is 1.40. The zero-order valence-corrected chi connectivity index (χ0v) is 10.4. The van der Waals surface area contributed by atoms with Gasteiger partial charge in [-0.05, 0) is 26.0 Å². The molecule has 0 spiro atoms. The van der Waals surface area contributed by atoms with Crippen molar-refractivity contribution in [1.29, 1.82) is 0 Å². The highest BCUT2D eigenvalue weighted by molar-refractivity contribution is 5.98. The fraction of sp³-hybridized carbons (Fsp3) is 0.636. The molecule has 0 bridgehead atoms. The summed E-state index contributed by atoms with van der Waals surface area (Å²) in [6.07, 6.45) is 2.70. The summed E-state index contributed by atoms with van der Waals surface area (Å²) >= 11 is 0. The summed E-state index contributed by atoms with van der Waals surface area (Å²) in [5.74, 6) is 0. The predicted molar refractivity (Wildman–Crippen MR) is 63.5 cm³/mol. The summed E-state index contributed by atoms with van der Waals surface area (Å²) in [6.45, 7) is 3.77. The second-order valence-corrected chi connectivity index (χ2v) is 4.18. The van der Waals surface area contributed by atoms with E-state index in [4.69, 9.17) is 4.84 Å². The average molecular weight is 225 g/mol. The van der Waals surface area contributed by atoms with Crippen LogP contribution in [-0.4, -0.2) is 55.8 Å². The maximum absolute atomic E-state index is 11.2. The van der Waals surface area contributed by atoms with Crippen molar-refractivity contribution in [3.05, 3.63) is 11.6 Å². The Labute approximate surface area is 96.3 Å². The molecule has 1 aliphatic rings. The summed E-state index contributed by atoms with van der Waals surface area (Å²) in [6, 6.07) is 0. The zero-order valence-electron chi connectivity index (χ0n) is 10.4. The molecule has 0 unspecified atom stereocenters. The first-order chi connectivity index (χ1) is 7.50. The fourth-order valence-corrected chi connectivity index (χ4v) is 1.40. The number of likely N-dealkylation sites (N-methyl/N-ethyl adjacent to an activating group) is 1. The monoisotopic (exact) mass is 225 g/mol. The molecule has 1 aliphatic heterocycles. The smallest absolute Gasteiger partial charge is 0.312 e. The van der Waals surface area contributed by atoms with Crippen LogP contribution in [0.5, 0.6) is 0 Å². The van der Waals surface area contributed by atoms with Crippen LogP contribution in [-0.2, 0) is 4.84 Å². The molecule has 0 radical (unpaired) electrons. The Morgan fingerprint density at radius 3 is 2.81 bits per heavy atom. The third-order valence-electron chi connectivity index (χ3n) is 2.43. The van der Waals surface area contributed by atoms with E-state index in [0.717, 1.165) is 30.8 Å². The SMILES string of the molecule is C/C(=N\OC(=O)N(C)C)C1=CCCN(C)C1. The Hall–Kier alpha value is -1.36. The van der Waals surface area contributed by atoms with Crippen molar-refractivity contribution >= 4 is 11.8 Å². The summed E-state index contributed by atoms with van der Waals surface area (Å²) < 4.78 is 0. The maximum Gasteiger partial charge on any atom is 0.435 e. The number of nitrogens with zero attached hydrogens (tertiary/aromatic N) is 3. The molecule has 0 fully saturated rings. The Balaban J connectivity index is 2.56. The lowest BCUT2D eigenvalue weighted by atomic mass is 10.1. The summed E-state index contributed by atoms with van der Waals surface area (Å²) in [4.78, 5) is 19.5. The molecule has 0 aromatic carbocycles. The highest BCUT2D eigenvalue weighted by atomic mass is 16.7. The van der Waals surface area contributed by atoms with Crippen LogP contribution in [0, 0.1) is 0 Å². The van der Waals surface area contributed by atoms with E-state index >= 15 is 0 Å². The van der Waals surface area contributed by atoms with Gasteiger partial charge in [0.05, 0.1) is 5.71 Å². The van der Waals surface area contributed by atoms with Gasteiger partial charge in [0, 0.05) is 27.2 Å². The molecule has 16 heavy (non-hydrogen) atoms. The van der Waals surface area contributed by atoms with Crippen LogP contribution in [0.3, 0.4) is 0 Å². The standard InChI is InChI=1S/C11H19N3O2/c1-9(12-16-11(15)13(2)3)10-6-5-7-14(4)8-10/h6H,5,7-8H2,1-4H3/b12-9+. The average Bonchev–Trinajstić information content (AvgIpc) is 2.25. The van der Waals surface area contributed by atoms with E-state index < -0.39 is 6.09 Å². The molecule has 0 aliphatic carbocycles. The van der Waals surface area contributed by atoms with Crippen LogP contribution in [0.25, 0.3) is 0 Å². The first-order valence-electron chi connectivity index (χ1n) is 5.31. The van der Waals surface area contributed by atoms with Crippen molar-refractivity contribution in [2.45, 2.75) is 13.3 Å². The molecule has 5 heteroatoms. The quantitative estimate of drug-likeness (QED) is 0.404. The van der Waals surface area contributed by atoms with Gasteiger partial charge in [0.2, 0.25) is 0 Å². The summed E-state index contributed by atoms with van der Waals surface area (Å²) in [5.41, 5.74) is 1.89. The first-order valence-corrected chi connectivity index (χ1v) is 5.31. The molecule has 0 aromatic heterocycles. The van der Waals surface area contributed by atoms with Crippen LogP contribution in [0.1, 0.15) is 13.3 Å². The summed E-state index contributed by atoms with van der Waals surface area (Å²) in [5, 5.41) is 3.83. The van der Waals surface area contributed by atoms with Gasteiger partial charge in [-0.1, -0.05) is 11.2 Å². The van der Waals surface area contributed by atoms with Gasteiger partial charge in [-0.3, -0.25) is 4.84 Å². The zero-order chi connectivity index (χ0) is 12.1. The molecule has 0 atom stereocenters. The minimum absolute atomic E-state index is 0.455. The third-order valence-corrected chi connectivity index (χ3v) is 2.43. The van der Waals surface area contributed by atoms with E-state index in [1.165, 1.54) is 4.90 Å². The van der Waals surface area contributed by atoms with Crippen LogP contribution in [0.4, 0.5) is 4.79 Å². The van der Waals surface area contributed by atoms with Gasteiger partial charge in [0.1, 0.15) is 0 Å². The maximum atomic E-state index is 11.2. The predicted octanol–water partition coefficient (Wildman–Crippen LogP) is 1.32. The lowest BCUT2D eigenvalue weighted by Gasteiger charge is -2.22. The Bertz CT molecular complexity index is 321. The van der Waals surface area contributed by atoms with Gasteiger partial charge in [-0.15, -0.1) is 0 Å². The van der Waals surface area contributed by atoms with Crippen molar-refractivity contribution in [2.24, 2.45) is 5.16 Å². The normalized spacial score (nSPS) is 18.0. The van der Waals surface area contributed by atoms with Gasteiger partial charge in [0.25, 0.3) is 0 Å². The number of carbonyl (C=O) groups is 1. The molecular formula is C11H19N3O2. The van der Waals surface area contributed by atoms with E-state index in [1.807, 2.05) is 6.92 Å². The number of hydrogen-bond donors (Lipinski definition) is 0. The number of carbonyl (C=O) groups excluding carboxylic acids is 1. The van der Waals surface area contributed by atoms with Crippen LogP contribution < -0.4 is 0 Å². The Kier molecular flexibility index (Phi) is 4.49. The molecule has 5 nitrogen and oxygen atoms in total. The van der Waals surface area contributed by atoms with E-state index in [9.17, 15) is 4.79 Å². The van der Waals surface area contributed by atoms with Crippen LogP contribution in [0.15, 0.2) is 16.8 Å². The van der Waals surface area contributed by atoms with Crippen molar-refractivity contribution in [2.75, 3.05) is 34.2 Å². The molecule has 0 saturated carbocycles. The highest BCUT2D eigenvalue weighted by Gasteiger charge is 2.12. The molecule has 0 saturated heterocycles. The number of oxime groups is 1. The number of rotatable bonds is 2. The lowest BCUT2D eigenvalue weighted by molar-refractivity contribution is 0.122. The van der Waals surface area contributed by atoms with Gasteiger partial charge >= 0.3 is 6.09 Å². The second kappa shape index (κ2) is 5.65. The summed E-state index contributed by atoms with van der Waals surface area (Å²) in [7, 11) is 5.31. The molecule has 0 aromatic rings. The molecular weight excluding hydrogens is 206 g/mol. The van der Waals surface area contributed by atoms with Crippen LogP contribution in [0.2, 0.25) is 0 Å². The second-order valence-electron chi connectivity index (χ2n) is 4.18. The van der Waals surface area contributed by atoms with Gasteiger partial charge < -0.3 is 9.80 Å². The molecule has 1 rings (SSSR count). The minimum Gasteiger partial charge on any atom is -0.312 e. The van der Waals surface area contributed by atoms with E-state index in [1.54, 1.807) is 14.1 Å². The topological polar surface area (TPSA) is 45.1 Å². The van der Waals surface area contributed by atoms with Gasteiger partial charge in [0.15, 0.2) is 0 Å². The van der Waals surface area contributed by atoms with Crippen LogP contribution >= 0.6 is 0 Å². The highest BCUT2D eigenvalue weighted by Crippen LogP contribution is 2.09. The lowest BCUT2D eigenvalue weighted by Crippen LogP contribution is -2.28. The van der Waals surface area contributed by atoms with Gasteiger partial charge in [-0.25, -0.2) is 4.79 Å². The number of hydrogen-bond acceptors (Lipinski definition) is 4. The van der Waals surface area contributed by atoms with Crippen molar-refractivity contribution in [3.63, 3.8) is 0 Å².